The van der Waals surface area contributed by atoms with Crippen molar-refractivity contribution in [1.82, 2.24) is 15.3 Å². The van der Waals surface area contributed by atoms with E-state index in [4.69, 9.17) is 0 Å². The second-order valence-corrected chi connectivity index (χ2v) is 9.66. The highest BCUT2D eigenvalue weighted by Crippen LogP contribution is 2.33. The minimum Gasteiger partial charge on any atom is -0.352 e. The molecule has 1 amide bonds. The summed E-state index contributed by atoms with van der Waals surface area (Å²) < 4.78 is 0. The molecule has 0 aliphatic heterocycles. The molecule has 3 aromatic rings. The van der Waals surface area contributed by atoms with Crippen molar-refractivity contribution < 1.29 is 4.79 Å². The van der Waals surface area contributed by atoms with Crippen LogP contribution in [-0.4, -0.2) is 21.6 Å². The van der Waals surface area contributed by atoms with Crippen LogP contribution in [0.2, 0.25) is 0 Å². The summed E-state index contributed by atoms with van der Waals surface area (Å²) in [6.45, 7) is 2.60. The summed E-state index contributed by atoms with van der Waals surface area (Å²) in [5, 5.41) is 3.75. The fourth-order valence-corrected chi connectivity index (χ4v) is 5.69. The normalized spacial score (nSPS) is 13.4. The Hall–Kier alpha value is -2.12. The van der Waals surface area contributed by atoms with E-state index in [-0.39, 0.29) is 11.5 Å². The van der Waals surface area contributed by atoms with Gasteiger partial charge in [-0.1, -0.05) is 29.8 Å². The smallest absolute Gasteiger partial charge is 0.259 e. The summed E-state index contributed by atoms with van der Waals surface area (Å²) in [5.74, 6) is 2.05. The molecule has 0 bridgehead atoms. The molecule has 7 heteroatoms. The highest BCUT2D eigenvalue weighted by molar-refractivity contribution is 7.98. The molecule has 0 radical (unpaired) electrons. The number of hydrogen-bond acceptors (Lipinski definition) is 5. The minimum absolute atomic E-state index is 0.0131. The Morgan fingerprint density at radius 3 is 2.86 bits per heavy atom. The Morgan fingerprint density at radius 1 is 1.24 bits per heavy atom. The van der Waals surface area contributed by atoms with Crippen LogP contribution in [0.4, 0.5) is 0 Å². The molecule has 2 N–H and O–H groups in total. The van der Waals surface area contributed by atoms with E-state index in [9.17, 15) is 9.59 Å². The van der Waals surface area contributed by atoms with Gasteiger partial charge in [0, 0.05) is 23.6 Å². The van der Waals surface area contributed by atoms with Gasteiger partial charge in [0.15, 0.2) is 0 Å². The van der Waals surface area contributed by atoms with Crippen LogP contribution in [0, 0.1) is 6.92 Å². The average Bonchev–Trinajstić information content (AvgIpc) is 3.09. The van der Waals surface area contributed by atoms with Crippen molar-refractivity contribution in [2.45, 2.75) is 51.3 Å². The van der Waals surface area contributed by atoms with Crippen LogP contribution in [0.15, 0.2) is 29.1 Å². The van der Waals surface area contributed by atoms with Crippen LogP contribution in [0.3, 0.4) is 0 Å². The number of nitrogens with zero attached hydrogens (tertiary/aromatic N) is 1. The summed E-state index contributed by atoms with van der Waals surface area (Å²) in [6, 6.07) is 8.16. The van der Waals surface area contributed by atoms with Gasteiger partial charge in [0.1, 0.15) is 10.7 Å². The molecule has 1 aromatic carbocycles. The number of aromatic nitrogens is 2. The van der Waals surface area contributed by atoms with Crippen LogP contribution in [0.5, 0.6) is 0 Å². The SMILES string of the molecule is Cc1ccc(CNC(=O)CCSCc2nc3sc4c(c3c(=O)[nH]2)CCCC4)cc1. The van der Waals surface area contributed by atoms with Crippen molar-refractivity contribution in [3.8, 4) is 0 Å². The van der Waals surface area contributed by atoms with Crippen LogP contribution in [0.25, 0.3) is 10.2 Å². The van der Waals surface area contributed by atoms with E-state index < -0.39 is 0 Å². The first-order chi connectivity index (χ1) is 14.1. The van der Waals surface area contributed by atoms with Gasteiger partial charge in [-0.2, -0.15) is 11.8 Å². The highest BCUT2D eigenvalue weighted by atomic mass is 32.2. The van der Waals surface area contributed by atoms with Crippen LogP contribution >= 0.6 is 23.1 Å². The molecule has 4 rings (SSSR count). The zero-order chi connectivity index (χ0) is 20.2. The number of thiophene rings is 1. The van der Waals surface area contributed by atoms with Gasteiger partial charge < -0.3 is 10.3 Å². The van der Waals surface area contributed by atoms with Gasteiger partial charge in [-0.05, 0) is 43.7 Å². The maximum absolute atomic E-state index is 12.6. The summed E-state index contributed by atoms with van der Waals surface area (Å²) in [4.78, 5) is 34.4. The third-order valence-electron chi connectivity index (χ3n) is 5.20. The number of hydrogen-bond donors (Lipinski definition) is 2. The molecule has 1 aliphatic rings. The van der Waals surface area contributed by atoms with E-state index in [1.54, 1.807) is 23.1 Å². The predicted molar refractivity (Wildman–Crippen MR) is 121 cm³/mol. The van der Waals surface area contributed by atoms with Gasteiger partial charge in [-0.3, -0.25) is 9.59 Å². The number of aromatic amines is 1. The standard InChI is InChI=1S/C22H25N3O2S2/c1-14-6-8-15(9-7-14)12-23-19(26)10-11-28-13-18-24-21(27)20-16-4-2-3-5-17(16)29-22(20)25-18/h6-9H,2-5,10-13H2,1H3,(H,23,26)(H,24,25,27). The molecule has 5 nitrogen and oxygen atoms in total. The van der Waals surface area contributed by atoms with E-state index in [1.165, 1.54) is 22.4 Å². The Bertz CT molecular complexity index is 1070. The first-order valence-corrected chi connectivity index (χ1v) is 12.0. The Balaban J connectivity index is 1.27. The van der Waals surface area contributed by atoms with Crippen molar-refractivity contribution in [3.05, 3.63) is 62.0 Å². The van der Waals surface area contributed by atoms with Crippen molar-refractivity contribution in [3.63, 3.8) is 0 Å². The monoisotopic (exact) mass is 427 g/mol. The lowest BCUT2D eigenvalue weighted by Crippen LogP contribution is -2.23. The maximum Gasteiger partial charge on any atom is 0.259 e. The Kier molecular flexibility index (Phi) is 6.35. The van der Waals surface area contributed by atoms with Gasteiger partial charge >= 0.3 is 0 Å². The Labute approximate surface area is 178 Å². The minimum atomic E-state index is -0.0131. The number of aryl methyl sites for hydroxylation is 3. The molecule has 1 aliphatic carbocycles. The van der Waals surface area contributed by atoms with E-state index in [2.05, 4.69) is 15.3 Å². The molecular weight excluding hydrogens is 402 g/mol. The predicted octanol–water partition coefficient (Wildman–Crippen LogP) is 4.11. The van der Waals surface area contributed by atoms with E-state index >= 15 is 0 Å². The van der Waals surface area contributed by atoms with Gasteiger partial charge in [-0.15, -0.1) is 11.3 Å². The van der Waals surface area contributed by atoms with E-state index in [0.717, 1.165) is 35.0 Å². The average molecular weight is 428 g/mol. The second kappa shape index (κ2) is 9.13. The van der Waals surface area contributed by atoms with Crippen molar-refractivity contribution >= 4 is 39.2 Å². The number of amides is 1. The summed E-state index contributed by atoms with van der Waals surface area (Å²) in [5.41, 5.74) is 3.52. The topological polar surface area (TPSA) is 74.8 Å². The molecule has 0 spiro atoms. The molecule has 0 atom stereocenters. The molecule has 2 heterocycles. The van der Waals surface area contributed by atoms with Gasteiger partial charge in [0.2, 0.25) is 5.91 Å². The second-order valence-electron chi connectivity index (χ2n) is 7.47. The van der Waals surface area contributed by atoms with Crippen LogP contribution in [-0.2, 0) is 29.9 Å². The van der Waals surface area contributed by atoms with Crippen molar-refractivity contribution in [2.24, 2.45) is 0 Å². The number of thioether (sulfide) groups is 1. The number of fused-ring (bicyclic) bond motifs is 3. The van der Waals surface area contributed by atoms with E-state index in [1.807, 2.05) is 31.2 Å². The summed E-state index contributed by atoms with van der Waals surface area (Å²) in [6.07, 6.45) is 4.87. The molecular formula is C22H25N3O2S2. The third kappa shape index (κ3) is 4.90. The van der Waals surface area contributed by atoms with Crippen LogP contribution < -0.4 is 10.9 Å². The molecule has 29 heavy (non-hydrogen) atoms. The lowest BCUT2D eigenvalue weighted by Gasteiger charge is -2.09. The quantitative estimate of drug-likeness (QED) is 0.557. The number of rotatable bonds is 7. The van der Waals surface area contributed by atoms with Gasteiger partial charge in [-0.25, -0.2) is 4.98 Å². The third-order valence-corrected chi connectivity index (χ3v) is 7.35. The van der Waals surface area contributed by atoms with Crippen LogP contribution in [0.1, 0.15) is 46.7 Å². The fraction of sp³-hybridized carbons (Fsp3) is 0.409. The first-order valence-electron chi connectivity index (χ1n) is 10.0. The van der Waals surface area contributed by atoms with Crippen molar-refractivity contribution in [1.29, 1.82) is 0 Å². The fourth-order valence-electron chi connectivity index (χ4n) is 3.61. The van der Waals surface area contributed by atoms with Gasteiger partial charge in [0.05, 0.1) is 11.1 Å². The zero-order valence-electron chi connectivity index (χ0n) is 16.5. The highest BCUT2D eigenvalue weighted by Gasteiger charge is 2.19. The molecule has 152 valence electrons. The number of nitrogens with one attached hydrogen (secondary N) is 2. The lowest BCUT2D eigenvalue weighted by atomic mass is 9.97. The zero-order valence-corrected chi connectivity index (χ0v) is 18.2. The van der Waals surface area contributed by atoms with Crippen molar-refractivity contribution in [2.75, 3.05) is 5.75 Å². The number of carbonyl (C=O) groups excluding carboxylic acids is 1. The summed E-state index contributed by atoms with van der Waals surface area (Å²) in [7, 11) is 0. The van der Waals surface area contributed by atoms with E-state index in [0.29, 0.717) is 30.3 Å². The Morgan fingerprint density at radius 2 is 2.03 bits per heavy atom. The maximum atomic E-state index is 12.6. The summed E-state index contributed by atoms with van der Waals surface area (Å²) >= 11 is 3.29. The first kappa shape index (κ1) is 20.2. The molecule has 2 aromatic heterocycles. The van der Waals surface area contributed by atoms with Gasteiger partial charge in [0.25, 0.3) is 5.56 Å². The lowest BCUT2D eigenvalue weighted by molar-refractivity contribution is -0.120. The number of benzene rings is 1. The number of H-pyrrole nitrogens is 1. The number of carbonyl (C=O) groups is 1. The largest absolute Gasteiger partial charge is 0.352 e. The molecule has 0 fully saturated rings. The molecule has 0 unspecified atom stereocenters. The molecule has 0 saturated heterocycles. The molecule has 0 saturated carbocycles.